The van der Waals surface area contributed by atoms with Crippen molar-refractivity contribution in [3.63, 3.8) is 0 Å². The summed E-state index contributed by atoms with van der Waals surface area (Å²) >= 11 is 0. The van der Waals surface area contributed by atoms with Crippen molar-refractivity contribution < 1.29 is 0 Å². The molecule has 88 valence electrons. The minimum atomic E-state index is 0.443. The lowest BCUT2D eigenvalue weighted by Gasteiger charge is -2.12. The van der Waals surface area contributed by atoms with E-state index in [-0.39, 0.29) is 0 Å². The van der Waals surface area contributed by atoms with Crippen LogP contribution in [0.5, 0.6) is 0 Å². The third kappa shape index (κ3) is 2.40. The first kappa shape index (κ1) is 10.2. The van der Waals surface area contributed by atoms with E-state index in [1.807, 2.05) is 4.68 Å². The number of rotatable bonds is 6. The second-order valence-corrected chi connectivity index (χ2v) is 5.22. The largest absolute Gasteiger partial charge is 0.307 e. The number of hydrogen-bond acceptors (Lipinski definition) is 4. The third-order valence-corrected chi connectivity index (χ3v) is 3.48. The third-order valence-electron chi connectivity index (χ3n) is 3.48. The van der Waals surface area contributed by atoms with E-state index in [9.17, 15) is 0 Å². The van der Waals surface area contributed by atoms with E-state index in [1.54, 1.807) is 0 Å². The molecule has 1 N–H and O–H groups in total. The molecule has 1 atom stereocenters. The highest BCUT2D eigenvalue weighted by Gasteiger charge is 2.26. The van der Waals surface area contributed by atoms with Crippen LogP contribution in [0.25, 0.3) is 0 Å². The van der Waals surface area contributed by atoms with E-state index < -0.39 is 0 Å². The average molecular weight is 221 g/mol. The van der Waals surface area contributed by atoms with Crippen LogP contribution in [0.15, 0.2) is 0 Å². The molecule has 0 radical (unpaired) electrons. The quantitative estimate of drug-likeness (QED) is 0.786. The molecular formula is C11H19N5. The Hall–Kier alpha value is -0.970. The predicted molar refractivity (Wildman–Crippen MR) is 59.7 cm³/mol. The van der Waals surface area contributed by atoms with Gasteiger partial charge in [0, 0.05) is 6.04 Å². The van der Waals surface area contributed by atoms with Crippen molar-refractivity contribution in [1.82, 2.24) is 25.5 Å². The summed E-state index contributed by atoms with van der Waals surface area (Å²) in [5.74, 6) is 1.91. The molecule has 2 aliphatic rings. The van der Waals surface area contributed by atoms with Crippen molar-refractivity contribution in [3.8, 4) is 0 Å². The van der Waals surface area contributed by atoms with Crippen molar-refractivity contribution in [2.45, 2.75) is 57.7 Å². The highest BCUT2D eigenvalue weighted by atomic mass is 15.6. The van der Waals surface area contributed by atoms with Gasteiger partial charge in [-0.15, -0.1) is 5.10 Å². The van der Waals surface area contributed by atoms with Crippen LogP contribution in [0.1, 0.15) is 50.9 Å². The molecule has 2 fully saturated rings. The molecule has 0 saturated heterocycles. The average Bonchev–Trinajstić information content (AvgIpc) is 3.18. The van der Waals surface area contributed by atoms with Gasteiger partial charge in [-0.25, -0.2) is 4.68 Å². The topological polar surface area (TPSA) is 55.6 Å². The van der Waals surface area contributed by atoms with Crippen molar-refractivity contribution in [1.29, 1.82) is 0 Å². The molecule has 1 unspecified atom stereocenters. The van der Waals surface area contributed by atoms with E-state index in [2.05, 4.69) is 27.8 Å². The number of aromatic nitrogens is 4. The Morgan fingerprint density at radius 3 is 2.88 bits per heavy atom. The molecule has 5 heteroatoms. The SMILES string of the molecule is CC(CC1CC1)n1nnnc1CNC1CC1. The van der Waals surface area contributed by atoms with Crippen LogP contribution in [-0.2, 0) is 6.54 Å². The molecule has 0 amide bonds. The van der Waals surface area contributed by atoms with Gasteiger partial charge in [-0.3, -0.25) is 0 Å². The summed E-state index contributed by atoms with van der Waals surface area (Å²) in [6.07, 6.45) is 6.62. The molecule has 0 aliphatic heterocycles. The summed E-state index contributed by atoms with van der Waals surface area (Å²) in [5.41, 5.74) is 0. The molecule has 0 spiro atoms. The number of tetrazole rings is 1. The number of nitrogens with one attached hydrogen (secondary N) is 1. The maximum absolute atomic E-state index is 4.11. The van der Waals surface area contributed by atoms with Gasteiger partial charge in [0.15, 0.2) is 5.82 Å². The standard InChI is InChI=1S/C11H19N5/c1-8(6-9-2-3-9)16-11(13-14-15-16)7-12-10-4-5-10/h8-10,12H,2-7H2,1H3. The van der Waals surface area contributed by atoms with Crippen LogP contribution in [0.3, 0.4) is 0 Å². The molecule has 16 heavy (non-hydrogen) atoms. The number of hydrogen-bond donors (Lipinski definition) is 1. The van der Waals surface area contributed by atoms with Crippen LogP contribution in [0.2, 0.25) is 0 Å². The minimum Gasteiger partial charge on any atom is -0.307 e. The van der Waals surface area contributed by atoms with Crippen LogP contribution >= 0.6 is 0 Å². The molecule has 2 saturated carbocycles. The van der Waals surface area contributed by atoms with Crippen LogP contribution in [0.4, 0.5) is 0 Å². The highest BCUT2D eigenvalue weighted by molar-refractivity contribution is 4.89. The Morgan fingerprint density at radius 2 is 2.19 bits per heavy atom. The summed E-state index contributed by atoms with van der Waals surface area (Å²) in [6.45, 7) is 3.03. The van der Waals surface area contributed by atoms with E-state index in [1.165, 1.54) is 32.1 Å². The first-order valence-corrected chi connectivity index (χ1v) is 6.33. The van der Waals surface area contributed by atoms with Gasteiger partial charge in [0.05, 0.1) is 12.6 Å². The summed E-state index contributed by atoms with van der Waals surface area (Å²) in [6, 6.07) is 1.15. The Morgan fingerprint density at radius 1 is 1.38 bits per heavy atom. The van der Waals surface area contributed by atoms with Crippen molar-refractivity contribution in [2.24, 2.45) is 5.92 Å². The maximum Gasteiger partial charge on any atom is 0.165 e. The fourth-order valence-electron chi connectivity index (χ4n) is 2.13. The lowest BCUT2D eigenvalue weighted by molar-refractivity contribution is 0.407. The van der Waals surface area contributed by atoms with Gasteiger partial charge < -0.3 is 5.32 Å². The molecule has 1 aromatic heterocycles. The van der Waals surface area contributed by atoms with Gasteiger partial charge in [0.1, 0.15) is 0 Å². The van der Waals surface area contributed by atoms with Gasteiger partial charge in [0.25, 0.3) is 0 Å². The molecule has 0 bridgehead atoms. The lowest BCUT2D eigenvalue weighted by atomic mass is 10.1. The van der Waals surface area contributed by atoms with Gasteiger partial charge in [0.2, 0.25) is 0 Å². The summed E-state index contributed by atoms with van der Waals surface area (Å²) in [5, 5.41) is 15.5. The summed E-state index contributed by atoms with van der Waals surface area (Å²) < 4.78 is 1.99. The zero-order chi connectivity index (χ0) is 11.0. The molecule has 0 aromatic carbocycles. The van der Waals surface area contributed by atoms with Gasteiger partial charge in [-0.2, -0.15) is 0 Å². The predicted octanol–water partition coefficient (Wildman–Crippen LogP) is 1.29. The van der Waals surface area contributed by atoms with Crippen LogP contribution < -0.4 is 5.32 Å². The van der Waals surface area contributed by atoms with E-state index in [4.69, 9.17) is 0 Å². The van der Waals surface area contributed by atoms with E-state index in [0.29, 0.717) is 12.1 Å². The smallest absolute Gasteiger partial charge is 0.165 e. The zero-order valence-electron chi connectivity index (χ0n) is 9.76. The maximum atomic E-state index is 4.11. The van der Waals surface area contributed by atoms with E-state index >= 15 is 0 Å². The Balaban J connectivity index is 1.60. The van der Waals surface area contributed by atoms with Crippen LogP contribution in [-0.4, -0.2) is 26.2 Å². The van der Waals surface area contributed by atoms with Crippen LogP contribution in [0, 0.1) is 5.92 Å². The number of nitrogens with zero attached hydrogens (tertiary/aromatic N) is 4. The highest BCUT2D eigenvalue weighted by Crippen LogP contribution is 2.36. The first-order valence-electron chi connectivity index (χ1n) is 6.33. The van der Waals surface area contributed by atoms with Gasteiger partial charge in [-0.1, -0.05) is 12.8 Å². The Labute approximate surface area is 95.6 Å². The molecule has 2 aliphatic carbocycles. The van der Waals surface area contributed by atoms with Gasteiger partial charge >= 0.3 is 0 Å². The fourth-order valence-corrected chi connectivity index (χ4v) is 2.13. The van der Waals surface area contributed by atoms with Crippen molar-refractivity contribution >= 4 is 0 Å². The van der Waals surface area contributed by atoms with E-state index in [0.717, 1.165) is 18.3 Å². The molecule has 5 nitrogen and oxygen atoms in total. The Kier molecular flexibility index (Phi) is 2.63. The fraction of sp³-hybridized carbons (Fsp3) is 0.909. The Bertz CT molecular complexity index is 353. The molecule has 3 rings (SSSR count). The monoisotopic (exact) mass is 221 g/mol. The second kappa shape index (κ2) is 4.13. The molecular weight excluding hydrogens is 202 g/mol. The second-order valence-electron chi connectivity index (χ2n) is 5.22. The molecule has 1 heterocycles. The van der Waals surface area contributed by atoms with Gasteiger partial charge in [-0.05, 0) is 42.5 Å². The van der Waals surface area contributed by atoms with Crippen molar-refractivity contribution in [3.05, 3.63) is 5.82 Å². The van der Waals surface area contributed by atoms with Crippen molar-refractivity contribution in [2.75, 3.05) is 0 Å². The zero-order valence-corrected chi connectivity index (χ0v) is 9.76. The normalized spacial score (nSPS) is 22.3. The lowest BCUT2D eigenvalue weighted by Crippen LogP contribution is -2.21. The summed E-state index contributed by atoms with van der Waals surface area (Å²) in [4.78, 5) is 0. The minimum absolute atomic E-state index is 0.443. The summed E-state index contributed by atoms with van der Waals surface area (Å²) in [7, 11) is 0. The molecule has 1 aromatic rings. The first-order chi connectivity index (χ1) is 7.83.